The molecule has 0 aliphatic carbocycles. The van der Waals surface area contributed by atoms with Gasteiger partial charge in [-0.05, 0) is 0 Å². The Hall–Kier alpha value is -0.0631. The fourth-order valence-corrected chi connectivity index (χ4v) is 23.6. The average Bonchev–Trinajstić information content (AvgIpc) is 3.16. The molecule has 1 aliphatic heterocycles. The maximum absolute atomic E-state index is 2.64. The van der Waals surface area contributed by atoms with Crippen LogP contribution in [0, 0.1) is 0 Å². The van der Waals surface area contributed by atoms with E-state index < -0.39 is 37.9 Å². The molecular weight excluding hydrogens is 570 g/mol. The van der Waals surface area contributed by atoms with Crippen molar-refractivity contribution < 1.29 is 0 Å². The van der Waals surface area contributed by atoms with Crippen LogP contribution < -0.4 is 18.8 Å². The van der Waals surface area contributed by atoms with Crippen LogP contribution in [0.1, 0.15) is 0 Å². The van der Waals surface area contributed by atoms with Crippen LogP contribution in [-0.2, 0) is 0 Å². The molecule has 0 radical (unpaired) electrons. The fraction of sp³-hybridized carbons (Fsp3) is 0.300. The van der Waals surface area contributed by atoms with Gasteiger partial charge < -0.3 is 0 Å². The SMILES string of the molecule is C[Si](C)(C)c1c[c]2c(s1)-c1sc([Si](C)(C)C)c[c]1[Bi]2[c]1ccccc1. The second kappa shape index (κ2) is 6.24. The second-order valence-electron chi connectivity index (χ2n) is 8.82. The van der Waals surface area contributed by atoms with E-state index in [1.54, 1.807) is 28.6 Å². The van der Waals surface area contributed by atoms with E-state index >= 15 is 0 Å². The van der Waals surface area contributed by atoms with Crippen LogP contribution in [0.4, 0.5) is 0 Å². The van der Waals surface area contributed by atoms with Crippen molar-refractivity contribution in [2.45, 2.75) is 39.3 Å². The van der Waals surface area contributed by atoms with E-state index in [0.717, 1.165) is 0 Å². The Morgan fingerprint density at radius 3 is 1.52 bits per heavy atom. The van der Waals surface area contributed by atoms with Crippen LogP contribution in [-0.4, -0.2) is 37.9 Å². The van der Waals surface area contributed by atoms with Crippen LogP contribution in [0.5, 0.6) is 0 Å². The van der Waals surface area contributed by atoms with Gasteiger partial charge in [0, 0.05) is 0 Å². The predicted octanol–water partition coefficient (Wildman–Crippen LogP) is 3.40. The van der Waals surface area contributed by atoms with Gasteiger partial charge in [0.25, 0.3) is 0 Å². The van der Waals surface area contributed by atoms with Crippen molar-refractivity contribution in [2.24, 2.45) is 0 Å². The summed E-state index contributed by atoms with van der Waals surface area (Å²) in [6.07, 6.45) is 0. The van der Waals surface area contributed by atoms with Crippen molar-refractivity contribution >= 4 is 79.4 Å². The molecule has 1 aromatic carbocycles. The third-order valence-electron chi connectivity index (χ3n) is 4.61. The maximum atomic E-state index is 2.64. The Labute approximate surface area is 169 Å². The molecule has 0 N–H and O–H groups in total. The summed E-state index contributed by atoms with van der Waals surface area (Å²) in [7, 11) is -2.49. The molecule has 0 saturated carbocycles. The molecule has 0 amide bonds. The van der Waals surface area contributed by atoms with E-state index in [-0.39, 0.29) is 0 Å². The van der Waals surface area contributed by atoms with E-state index in [4.69, 9.17) is 0 Å². The number of fused-ring (bicyclic) bond motifs is 3. The van der Waals surface area contributed by atoms with Crippen molar-refractivity contribution in [1.29, 1.82) is 0 Å². The van der Waals surface area contributed by atoms with E-state index in [1.807, 2.05) is 0 Å². The molecule has 0 saturated heterocycles. The van der Waals surface area contributed by atoms with Gasteiger partial charge in [-0.25, -0.2) is 0 Å². The minimum absolute atomic E-state index is 1.24. The van der Waals surface area contributed by atoms with Crippen molar-refractivity contribution in [3.05, 3.63) is 42.5 Å². The van der Waals surface area contributed by atoms with Gasteiger partial charge >= 0.3 is 171 Å². The third-order valence-corrected chi connectivity index (χ3v) is 25.1. The molecule has 0 nitrogen and oxygen atoms in total. The Balaban J connectivity index is 1.95. The van der Waals surface area contributed by atoms with Crippen LogP contribution in [0.15, 0.2) is 42.5 Å². The van der Waals surface area contributed by atoms with E-state index in [9.17, 15) is 0 Å². The molecule has 4 rings (SSSR count). The zero-order valence-electron chi connectivity index (χ0n) is 15.8. The van der Waals surface area contributed by atoms with Gasteiger partial charge in [0.1, 0.15) is 0 Å². The normalized spacial score (nSPS) is 14.6. The summed E-state index contributed by atoms with van der Waals surface area (Å²) in [5, 5.41) is 0. The summed E-state index contributed by atoms with van der Waals surface area (Å²) in [4.78, 5) is 3.31. The molecule has 0 atom stereocenters. The zero-order valence-corrected chi connectivity index (χ0v) is 22.9. The van der Waals surface area contributed by atoms with Gasteiger partial charge in [-0.15, -0.1) is 0 Å². The van der Waals surface area contributed by atoms with Gasteiger partial charge in [0.2, 0.25) is 0 Å². The fourth-order valence-electron chi connectivity index (χ4n) is 3.14. The summed E-state index contributed by atoms with van der Waals surface area (Å²) in [6, 6.07) is 16.7. The molecule has 1 aliphatic rings. The predicted molar refractivity (Wildman–Crippen MR) is 125 cm³/mol. The number of thiophene rings is 2. The number of hydrogen-bond acceptors (Lipinski definition) is 2. The Kier molecular flexibility index (Phi) is 4.57. The average molecular weight is 595 g/mol. The molecule has 130 valence electrons. The number of rotatable bonds is 3. The monoisotopic (exact) mass is 594 g/mol. The molecule has 0 fully saturated rings. The van der Waals surface area contributed by atoms with Crippen molar-refractivity contribution in [3.8, 4) is 9.75 Å². The summed E-state index contributed by atoms with van der Waals surface area (Å²) < 4.78 is 8.58. The Morgan fingerprint density at radius 2 is 1.12 bits per heavy atom. The van der Waals surface area contributed by atoms with Gasteiger partial charge in [-0.3, -0.25) is 0 Å². The molecule has 2 aromatic heterocycles. The van der Waals surface area contributed by atoms with Crippen LogP contribution in [0.2, 0.25) is 39.3 Å². The molecule has 0 spiro atoms. The first-order valence-corrected chi connectivity index (χ1v) is 22.7. The molecular formula is C20H25BiS2Si2. The molecule has 5 heteroatoms. The first-order chi connectivity index (χ1) is 11.7. The zero-order chi connectivity index (χ0) is 18.0. The Bertz CT molecular complexity index is 869. The standard InChI is InChI=1S/C14H20S2Si2.C6H5.Bi/c1-17(2,3)13-9-7-11(15-13)12-8-10-14(16-12)18(4,5)6;1-2-4-6-5-3-1;/h9-10H,1-6H3;1-5H;. The van der Waals surface area contributed by atoms with E-state index in [1.165, 1.54) is 0 Å². The second-order valence-corrected chi connectivity index (χ2v) is 30.1. The summed E-state index contributed by atoms with van der Waals surface area (Å²) in [5.41, 5.74) is 0. The quantitative estimate of drug-likeness (QED) is 0.319. The first kappa shape index (κ1) is 18.3. The summed E-state index contributed by atoms with van der Waals surface area (Å²) >= 11 is 2.20. The van der Waals surface area contributed by atoms with Crippen molar-refractivity contribution in [1.82, 2.24) is 0 Å². The van der Waals surface area contributed by atoms with Gasteiger partial charge in [0.15, 0.2) is 0 Å². The van der Waals surface area contributed by atoms with Crippen LogP contribution >= 0.6 is 22.7 Å². The van der Waals surface area contributed by atoms with Crippen LogP contribution in [0.25, 0.3) is 9.75 Å². The number of hydrogen-bond donors (Lipinski definition) is 0. The molecule has 0 unspecified atom stereocenters. The van der Waals surface area contributed by atoms with E-state index in [2.05, 4.69) is 104 Å². The van der Waals surface area contributed by atoms with Gasteiger partial charge in [-0.1, -0.05) is 0 Å². The van der Waals surface area contributed by atoms with Crippen LogP contribution in [0.3, 0.4) is 0 Å². The topological polar surface area (TPSA) is 0 Å². The molecule has 0 bridgehead atoms. The molecule has 3 heterocycles. The van der Waals surface area contributed by atoms with Crippen molar-refractivity contribution in [3.63, 3.8) is 0 Å². The summed E-state index contributed by atoms with van der Waals surface area (Å²) in [6.45, 7) is 14.9. The van der Waals surface area contributed by atoms with Crippen molar-refractivity contribution in [2.75, 3.05) is 0 Å². The minimum atomic E-state index is -2.07. The molecule has 3 aromatic rings. The Morgan fingerprint density at radius 1 is 0.680 bits per heavy atom. The first-order valence-electron chi connectivity index (χ1n) is 8.80. The summed E-state index contributed by atoms with van der Waals surface area (Å²) in [5.74, 6) is 0. The number of benzene rings is 1. The third kappa shape index (κ3) is 3.21. The molecule has 25 heavy (non-hydrogen) atoms. The van der Waals surface area contributed by atoms with E-state index in [0.29, 0.717) is 0 Å². The van der Waals surface area contributed by atoms with Gasteiger partial charge in [0.05, 0.1) is 0 Å². The van der Waals surface area contributed by atoms with Gasteiger partial charge in [-0.2, -0.15) is 0 Å².